The molecule has 10 heteroatoms. The molecule has 4 rings (SSSR count). The van der Waals surface area contributed by atoms with Crippen molar-refractivity contribution in [3.8, 4) is 5.82 Å². The van der Waals surface area contributed by atoms with Crippen molar-refractivity contribution in [3.05, 3.63) is 81.4 Å². The molecule has 32 heavy (non-hydrogen) atoms. The zero-order chi connectivity index (χ0) is 22.7. The predicted octanol–water partition coefficient (Wildman–Crippen LogP) is 4.55. The molecule has 0 radical (unpaired) electrons. The summed E-state index contributed by atoms with van der Waals surface area (Å²) in [6.07, 6.45) is -0.192. The van der Waals surface area contributed by atoms with E-state index in [1.54, 1.807) is 0 Å². The molecule has 0 aliphatic carbocycles. The molecular weight excluding hydrogens is 443 g/mol. The second-order valence-electron chi connectivity index (χ2n) is 7.54. The molecule has 3 heterocycles. The van der Waals surface area contributed by atoms with Gasteiger partial charge in [-0.3, -0.25) is 9.69 Å². The van der Waals surface area contributed by atoms with E-state index >= 15 is 0 Å². The summed E-state index contributed by atoms with van der Waals surface area (Å²) in [6, 6.07) is 12.1. The van der Waals surface area contributed by atoms with Crippen LogP contribution in [0, 0.1) is 0 Å². The maximum atomic E-state index is 12.7. The number of alkyl halides is 3. The van der Waals surface area contributed by atoms with E-state index in [1.165, 1.54) is 6.20 Å². The molecule has 3 aromatic rings. The van der Waals surface area contributed by atoms with Crippen molar-refractivity contribution in [2.24, 2.45) is 0 Å². The molecule has 0 amide bonds. The average molecular weight is 464 g/mol. The Morgan fingerprint density at radius 1 is 1.06 bits per heavy atom. The third kappa shape index (κ3) is 4.78. The standard InChI is InChI=1S/C22H21ClF3N5O/c23-20-17(27-14-18(30-10-4-5-11-30)15-6-2-1-3-7-15)13-29-31(21(20)32)19-9-8-16(12-28-19)22(24,25)26/h1-3,6-9,12-13,18,27H,4-5,10-11,14H2/t18-/m1/s1. The van der Waals surface area contributed by atoms with Crippen LogP contribution >= 0.6 is 11.6 Å². The smallest absolute Gasteiger partial charge is 0.380 e. The quantitative estimate of drug-likeness (QED) is 0.581. The first kappa shape index (κ1) is 22.3. The van der Waals surface area contributed by atoms with Crippen LogP contribution in [-0.4, -0.2) is 39.3 Å². The van der Waals surface area contributed by atoms with E-state index in [0.717, 1.165) is 48.3 Å². The lowest BCUT2D eigenvalue weighted by Gasteiger charge is -2.28. The SMILES string of the molecule is O=c1c(Cl)c(NC[C@H](c2ccccc2)N2CCCC2)cnn1-c1ccc(C(F)(F)F)cn1. The van der Waals surface area contributed by atoms with Gasteiger partial charge in [0.15, 0.2) is 5.82 Å². The Hall–Kier alpha value is -2.91. The molecule has 1 N–H and O–H groups in total. The van der Waals surface area contributed by atoms with Gasteiger partial charge in [0.25, 0.3) is 5.56 Å². The number of hydrogen-bond acceptors (Lipinski definition) is 5. The highest BCUT2D eigenvalue weighted by molar-refractivity contribution is 6.32. The zero-order valence-electron chi connectivity index (χ0n) is 17.0. The van der Waals surface area contributed by atoms with E-state index < -0.39 is 17.3 Å². The zero-order valence-corrected chi connectivity index (χ0v) is 17.8. The molecule has 1 aliphatic rings. The van der Waals surface area contributed by atoms with Gasteiger partial charge in [0.05, 0.1) is 23.5 Å². The third-order valence-corrected chi connectivity index (χ3v) is 5.83. The molecule has 1 aromatic carbocycles. The van der Waals surface area contributed by atoms with Crippen molar-refractivity contribution >= 4 is 17.3 Å². The Kier molecular flexibility index (Phi) is 6.48. The first-order valence-corrected chi connectivity index (χ1v) is 10.6. The van der Waals surface area contributed by atoms with E-state index in [4.69, 9.17) is 11.6 Å². The molecule has 0 unspecified atom stereocenters. The van der Waals surface area contributed by atoms with Crippen molar-refractivity contribution in [2.75, 3.05) is 25.0 Å². The predicted molar refractivity (Wildman–Crippen MR) is 116 cm³/mol. The molecule has 168 valence electrons. The maximum absolute atomic E-state index is 12.7. The number of halogens is 4. The van der Waals surface area contributed by atoms with Gasteiger partial charge < -0.3 is 5.32 Å². The minimum atomic E-state index is -4.51. The number of aromatic nitrogens is 3. The summed E-state index contributed by atoms with van der Waals surface area (Å²) in [5.74, 6) is -0.0457. The van der Waals surface area contributed by atoms with Crippen LogP contribution in [0.3, 0.4) is 0 Å². The van der Waals surface area contributed by atoms with Crippen LogP contribution in [0.15, 0.2) is 59.7 Å². The van der Waals surface area contributed by atoms with Crippen LogP contribution in [0.4, 0.5) is 18.9 Å². The Balaban J connectivity index is 1.55. The highest BCUT2D eigenvalue weighted by Crippen LogP contribution is 2.29. The van der Waals surface area contributed by atoms with Gasteiger partial charge in [-0.2, -0.15) is 23.0 Å². The number of nitrogens with zero attached hydrogens (tertiary/aromatic N) is 4. The summed E-state index contributed by atoms with van der Waals surface area (Å²) in [5.41, 5.74) is -0.0536. The van der Waals surface area contributed by atoms with E-state index in [2.05, 4.69) is 32.4 Å². The van der Waals surface area contributed by atoms with Gasteiger partial charge in [0.2, 0.25) is 0 Å². The molecule has 0 saturated carbocycles. The van der Waals surface area contributed by atoms with E-state index in [9.17, 15) is 18.0 Å². The topological polar surface area (TPSA) is 63.1 Å². The number of benzene rings is 1. The van der Waals surface area contributed by atoms with Crippen molar-refractivity contribution in [1.82, 2.24) is 19.7 Å². The van der Waals surface area contributed by atoms with Crippen molar-refractivity contribution in [1.29, 1.82) is 0 Å². The minimum Gasteiger partial charge on any atom is -0.380 e. The van der Waals surface area contributed by atoms with Gasteiger partial charge in [0.1, 0.15) is 5.02 Å². The average Bonchev–Trinajstić information content (AvgIpc) is 3.32. The largest absolute Gasteiger partial charge is 0.417 e. The summed E-state index contributed by atoms with van der Waals surface area (Å²) < 4.78 is 39.1. The van der Waals surface area contributed by atoms with Crippen LogP contribution < -0.4 is 10.9 Å². The van der Waals surface area contributed by atoms with Gasteiger partial charge in [-0.25, -0.2) is 4.98 Å². The normalized spacial score (nSPS) is 15.6. The van der Waals surface area contributed by atoms with E-state index in [1.807, 2.05) is 18.2 Å². The van der Waals surface area contributed by atoms with Crippen LogP contribution in [0.25, 0.3) is 5.82 Å². The fraction of sp³-hybridized carbons (Fsp3) is 0.318. The lowest BCUT2D eigenvalue weighted by molar-refractivity contribution is -0.137. The Bertz CT molecular complexity index is 1110. The third-order valence-electron chi connectivity index (χ3n) is 5.46. The monoisotopic (exact) mass is 463 g/mol. The second-order valence-corrected chi connectivity index (χ2v) is 7.92. The molecule has 0 spiro atoms. The lowest BCUT2D eigenvalue weighted by Crippen LogP contribution is -2.31. The lowest BCUT2D eigenvalue weighted by atomic mass is 10.1. The highest BCUT2D eigenvalue weighted by Gasteiger charge is 2.31. The van der Waals surface area contributed by atoms with Crippen molar-refractivity contribution in [2.45, 2.75) is 25.1 Å². The summed E-state index contributed by atoms with van der Waals surface area (Å²) in [5, 5.41) is 7.17. The fourth-order valence-electron chi connectivity index (χ4n) is 3.79. The summed E-state index contributed by atoms with van der Waals surface area (Å²) in [6.45, 7) is 2.51. The second kappa shape index (κ2) is 9.30. The highest BCUT2D eigenvalue weighted by atomic mass is 35.5. The minimum absolute atomic E-state index is 0.0457. The fourth-order valence-corrected chi connectivity index (χ4v) is 3.99. The Morgan fingerprint density at radius 2 is 1.78 bits per heavy atom. The first-order chi connectivity index (χ1) is 15.3. The Morgan fingerprint density at radius 3 is 2.41 bits per heavy atom. The van der Waals surface area contributed by atoms with Crippen LogP contribution in [0.2, 0.25) is 5.02 Å². The number of hydrogen-bond donors (Lipinski definition) is 1. The van der Waals surface area contributed by atoms with Crippen molar-refractivity contribution in [3.63, 3.8) is 0 Å². The van der Waals surface area contributed by atoms with Crippen LogP contribution in [0.1, 0.15) is 30.0 Å². The van der Waals surface area contributed by atoms with Gasteiger partial charge in [0, 0.05) is 12.7 Å². The molecule has 1 atom stereocenters. The van der Waals surface area contributed by atoms with Gasteiger partial charge in [-0.05, 0) is 43.6 Å². The molecule has 0 bridgehead atoms. The summed E-state index contributed by atoms with van der Waals surface area (Å²) in [7, 11) is 0. The molecule has 6 nitrogen and oxygen atoms in total. The Labute approximate surface area is 187 Å². The molecule has 1 aliphatic heterocycles. The van der Waals surface area contributed by atoms with Crippen LogP contribution in [0.5, 0.6) is 0 Å². The molecule has 1 saturated heterocycles. The van der Waals surface area contributed by atoms with Gasteiger partial charge in [-0.1, -0.05) is 41.9 Å². The number of nitrogens with one attached hydrogen (secondary N) is 1. The number of anilines is 1. The van der Waals surface area contributed by atoms with Gasteiger partial charge >= 0.3 is 6.18 Å². The van der Waals surface area contributed by atoms with Gasteiger partial charge in [-0.15, -0.1) is 0 Å². The number of pyridine rings is 1. The van der Waals surface area contributed by atoms with E-state index in [-0.39, 0.29) is 16.9 Å². The number of rotatable bonds is 6. The molecule has 2 aromatic heterocycles. The number of likely N-dealkylation sites (tertiary alicyclic amines) is 1. The summed E-state index contributed by atoms with van der Waals surface area (Å²) >= 11 is 6.28. The summed E-state index contributed by atoms with van der Waals surface area (Å²) in [4.78, 5) is 18.8. The first-order valence-electron chi connectivity index (χ1n) is 10.2. The van der Waals surface area contributed by atoms with E-state index in [0.29, 0.717) is 18.4 Å². The van der Waals surface area contributed by atoms with Crippen molar-refractivity contribution < 1.29 is 13.2 Å². The maximum Gasteiger partial charge on any atom is 0.417 e. The molecular formula is C22H21ClF3N5O. The molecule has 1 fully saturated rings. The van der Waals surface area contributed by atoms with Crippen LogP contribution in [-0.2, 0) is 6.18 Å².